The van der Waals surface area contributed by atoms with Crippen LogP contribution in [0, 0.1) is 5.82 Å². The lowest BCUT2D eigenvalue weighted by Crippen LogP contribution is -2.02. The number of hydrogen-bond donors (Lipinski definition) is 2. The summed E-state index contributed by atoms with van der Waals surface area (Å²) in [6, 6.07) is 2.91. The number of aryl methyl sites for hydroxylation is 1. The van der Waals surface area contributed by atoms with Crippen LogP contribution in [0.1, 0.15) is 5.56 Å². The molecule has 0 amide bonds. The number of nitrogens with two attached hydrogens (primary N) is 1. The first-order valence-electron chi connectivity index (χ1n) is 5.02. The van der Waals surface area contributed by atoms with Crippen molar-refractivity contribution in [2.24, 2.45) is 7.05 Å². The molecule has 2 aromatic rings. The molecular formula is C11H12BrFN4. The molecule has 0 radical (unpaired) electrons. The van der Waals surface area contributed by atoms with Crippen LogP contribution < -0.4 is 11.1 Å². The zero-order chi connectivity index (χ0) is 12.4. The van der Waals surface area contributed by atoms with Crippen molar-refractivity contribution in [1.29, 1.82) is 0 Å². The molecule has 1 heterocycles. The van der Waals surface area contributed by atoms with Gasteiger partial charge >= 0.3 is 0 Å². The summed E-state index contributed by atoms with van der Waals surface area (Å²) < 4.78 is 15.3. The van der Waals surface area contributed by atoms with Gasteiger partial charge in [0.2, 0.25) is 0 Å². The van der Waals surface area contributed by atoms with Gasteiger partial charge in [-0.15, -0.1) is 0 Å². The Kier molecular flexibility index (Phi) is 3.33. The third kappa shape index (κ3) is 2.76. The quantitative estimate of drug-likeness (QED) is 0.856. The van der Waals surface area contributed by atoms with Gasteiger partial charge in [0.15, 0.2) is 0 Å². The Bertz CT molecular complexity index is 538. The Hall–Kier alpha value is -1.56. The third-order valence-electron chi connectivity index (χ3n) is 2.33. The van der Waals surface area contributed by atoms with Crippen molar-refractivity contribution >= 4 is 27.3 Å². The largest absolute Gasteiger partial charge is 0.397 e. The Labute approximate surface area is 107 Å². The Balaban J connectivity index is 2.11. The lowest BCUT2D eigenvalue weighted by molar-refractivity contribution is 0.622. The van der Waals surface area contributed by atoms with E-state index in [9.17, 15) is 4.39 Å². The second kappa shape index (κ2) is 4.75. The highest BCUT2D eigenvalue weighted by molar-refractivity contribution is 9.10. The normalized spacial score (nSPS) is 10.5. The third-order valence-corrected chi connectivity index (χ3v) is 2.94. The topological polar surface area (TPSA) is 55.9 Å². The van der Waals surface area contributed by atoms with Crippen molar-refractivity contribution in [2.75, 3.05) is 11.1 Å². The standard InChI is InChI=1S/C11H12BrFN4/c1-17-6-7(5-16-17)4-15-11-2-8(12)9(13)3-10(11)14/h2-3,5-6,15H,4,14H2,1H3. The van der Waals surface area contributed by atoms with Crippen molar-refractivity contribution in [1.82, 2.24) is 9.78 Å². The van der Waals surface area contributed by atoms with E-state index in [2.05, 4.69) is 26.3 Å². The maximum absolute atomic E-state index is 13.2. The van der Waals surface area contributed by atoms with Gasteiger partial charge in [-0.3, -0.25) is 4.68 Å². The first-order chi connectivity index (χ1) is 8.06. The molecule has 0 aliphatic carbocycles. The molecule has 90 valence electrons. The molecule has 0 aliphatic rings. The van der Waals surface area contributed by atoms with Crippen LogP contribution in [0.4, 0.5) is 15.8 Å². The van der Waals surface area contributed by atoms with Crippen LogP contribution in [0.2, 0.25) is 0 Å². The molecule has 0 atom stereocenters. The van der Waals surface area contributed by atoms with Gasteiger partial charge in [0.25, 0.3) is 0 Å². The number of benzene rings is 1. The van der Waals surface area contributed by atoms with Crippen LogP contribution in [0.25, 0.3) is 0 Å². The molecule has 0 unspecified atom stereocenters. The fourth-order valence-corrected chi connectivity index (χ4v) is 1.82. The van der Waals surface area contributed by atoms with E-state index in [0.717, 1.165) is 5.56 Å². The number of nitrogens with zero attached hydrogens (tertiary/aromatic N) is 2. The summed E-state index contributed by atoms with van der Waals surface area (Å²) >= 11 is 3.12. The number of nitrogens with one attached hydrogen (secondary N) is 1. The number of nitrogen functional groups attached to an aromatic ring is 1. The second-order valence-corrected chi connectivity index (χ2v) is 4.58. The SMILES string of the molecule is Cn1cc(CNc2cc(Br)c(F)cc2N)cn1. The number of rotatable bonds is 3. The predicted molar refractivity (Wildman–Crippen MR) is 69.0 cm³/mol. The van der Waals surface area contributed by atoms with E-state index >= 15 is 0 Å². The van der Waals surface area contributed by atoms with Gasteiger partial charge in [-0.05, 0) is 22.0 Å². The van der Waals surface area contributed by atoms with Crippen LogP contribution in [0.3, 0.4) is 0 Å². The van der Waals surface area contributed by atoms with Crippen molar-refractivity contribution in [2.45, 2.75) is 6.54 Å². The minimum atomic E-state index is -0.366. The number of hydrogen-bond acceptors (Lipinski definition) is 3. The maximum Gasteiger partial charge on any atom is 0.139 e. The average molecular weight is 299 g/mol. The summed E-state index contributed by atoms with van der Waals surface area (Å²) in [5.74, 6) is -0.366. The first kappa shape index (κ1) is 11.9. The van der Waals surface area contributed by atoms with Crippen LogP contribution in [0.15, 0.2) is 29.0 Å². The molecule has 6 heteroatoms. The number of aromatic nitrogens is 2. The fraction of sp³-hybridized carbons (Fsp3) is 0.182. The first-order valence-corrected chi connectivity index (χ1v) is 5.81. The Morgan fingerprint density at radius 1 is 1.53 bits per heavy atom. The molecule has 0 fully saturated rings. The highest BCUT2D eigenvalue weighted by atomic mass is 79.9. The Morgan fingerprint density at radius 2 is 2.29 bits per heavy atom. The van der Waals surface area contributed by atoms with Crippen molar-refractivity contribution in [3.63, 3.8) is 0 Å². The molecule has 3 N–H and O–H groups in total. The Morgan fingerprint density at radius 3 is 2.94 bits per heavy atom. The van der Waals surface area contributed by atoms with E-state index in [0.29, 0.717) is 22.4 Å². The van der Waals surface area contributed by atoms with Gasteiger partial charge in [-0.25, -0.2) is 4.39 Å². The van der Waals surface area contributed by atoms with E-state index in [-0.39, 0.29) is 5.82 Å². The van der Waals surface area contributed by atoms with Gasteiger partial charge in [0.05, 0.1) is 22.0 Å². The van der Waals surface area contributed by atoms with Gasteiger partial charge in [0, 0.05) is 31.4 Å². The predicted octanol–water partition coefficient (Wildman–Crippen LogP) is 2.52. The van der Waals surface area contributed by atoms with E-state index in [1.165, 1.54) is 6.07 Å². The number of halogens is 2. The molecule has 0 bridgehead atoms. The smallest absolute Gasteiger partial charge is 0.139 e. The van der Waals surface area contributed by atoms with E-state index in [1.54, 1.807) is 16.9 Å². The zero-order valence-electron chi connectivity index (χ0n) is 9.24. The molecule has 17 heavy (non-hydrogen) atoms. The molecule has 1 aromatic carbocycles. The molecule has 4 nitrogen and oxygen atoms in total. The molecule has 0 aliphatic heterocycles. The molecule has 0 saturated heterocycles. The summed E-state index contributed by atoms with van der Waals surface area (Å²) in [6.07, 6.45) is 3.67. The molecule has 1 aromatic heterocycles. The van der Waals surface area contributed by atoms with Gasteiger partial charge < -0.3 is 11.1 Å². The van der Waals surface area contributed by atoms with Crippen LogP contribution >= 0.6 is 15.9 Å². The molecule has 0 saturated carbocycles. The molecular weight excluding hydrogens is 287 g/mol. The van der Waals surface area contributed by atoms with Crippen LogP contribution in [-0.2, 0) is 13.6 Å². The molecule has 2 rings (SSSR count). The van der Waals surface area contributed by atoms with E-state index in [1.807, 2.05) is 13.2 Å². The highest BCUT2D eigenvalue weighted by Crippen LogP contribution is 2.26. The summed E-state index contributed by atoms with van der Waals surface area (Å²) in [5.41, 5.74) is 7.83. The minimum Gasteiger partial charge on any atom is -0.397 e. The van der Waals surface area contributed by atoms with Crippen LogP contribution in [0.5, 0.6) is 0 Å². The zero-order valence-corrected chi connectivity index (χ0v) is 10.8. The second-order valence-electron chi connectivity index (χ2n) is 3.73. The lowest BCUT2D eigenvalue weighted by Gasteiger charge is -2.09. The minimum absolute atomic E-state index is 0.366. The van der Waals surface area contributed by atoms with Gasteiger partial charge in [0.1, 0.15) is 5.82 Å². The monoisotopic (exact) mass is 298 g/mol. The highest BCUT2D eigenvalue weighted by Gasteiger charge is 2.06. The van der Waals surface area contributed by atoms with Crippen molar-refractivity contribution in [3.8, 4) is 0 Å². The van der Waals surface area contributed by atoms with Crippen molar-refractivity contribution < 1.29 is 4.39 Å². The fourth-order valence-electron chi connectivity index (χ4n) is 1.48. The summed E-state index contributed by atoms with van der Waals surface area (Å²) in [5, 5.41) is 7.19. The maximum atomic E-state index is 13.2. The summed E-state index contributed by atoms with van der Waals surface area (Å²) in [4.78, 5) is 0. The number of anilines is 2. The lowest BCUT2D eigenvalue weighted by atomic mass is 10.2. The molecule has 0 spiro atoms. The summed E-state index contributed by atoms with van der Waals surface area (Å²) in [6.45, 7) is 0.593. The van der Waals surface area contributed by atoms with Gasteiger partial charge in [-0.2, -0.15) is 5.10 Å². The summed E-state index contributed by atoms with van der Waals surface area (Å²) in [7, 11) is 1.85. The van der Waals surface area contributed by atoms with E-state index < -0.39 is 0 Å². The van der Waals surface area contributed by atoms with Crippen LogP contribution in [-0.4, -0.2) is 9.78 Å². The van der Waals surface area contributed by atoms with Gasteiger partial charge in [-0.1, -0.05) is 0 Å². The average Bonchev–Trinajstić information content (AvgIpc) is 2.68. The van der Waals surface area contributed by atoms with Crippen molar-refractivity contribution in [3.05, 3.63) is 40.4 Å². The van der Waals surface area contributed by atoms with E-state index in [4.69, 9.17) is 5.73 Å².